The summed E-state index contributed by atoms with van der Waals surface area (Å²) < 4.78 is 39.8. The van der Waals surface area contributed by atoms with Crippen LogP contribution in [0.1, 0.15) is 24.0 Å². The molecule has 0 aliphatic carbocycles. The lowest BCUT2D eigenvalue weighted by molar-refractivity contribution is -0.118. The number of amides is 1. The summed E-state index contributed by atoms with van der Waals surface area (Å²) in [5, 5.41) is 0.371. The van der Waals surface area contributed by atoms with Gasteiger partial charge in [0.2, 0.25) is 5.91 Å². The summed E-state index contributed by atoms with van der Waals surface area (Å²) in [6, 6.07) is 17.3. The van der Waals surface area contributed by atoms with Gasteiger partial charge >= 0.3 is 0 Å². The van der Waals surface area contributed by atoms with E-state index >= 15 is 0 Å². The molecule has 0 saturated carbocycles. The van der Waals surface area contributed by atoms with Crippen LogP contribution in [-0.2, 0) is 26.9 Å². The Morgan fingerprint density at radius 3 is 2.52 bits per heavy atom. The number of pyridine rings is 1. The van der Waals surface area contributed by atoms with E-state index in [0.717, 1.165) is 11.1 Å². The van der Waals surface area contributed by atoms with Gasteiger partial charge in [0.15, 0.2) is 15.0 Å². The summed E-state index contributed by atoms with van der Waals surface area (Å²) in [5.41, 5.74) is 1.73. The molecule has 0 aliphatic rings. The lowest BCUT2D eigenvalue weighted by Crippen LogP contribution is -2.30. The number of aromatic nitrogens is 2. The van der Waals surface area contributed by atoms with E-state index in [1.165, 1.54) is 22.3 Å². The highest BCUT2D eigenvalue weighted by Crippen LogP contribution is 2.31. The standard InChI is InChI=1S/C24H22FN3O3S2/c25-20-10-4-11-21-23(20)27-24(32-21)28(16-19-9-5-13-26-15-19)22(29)12-6-14-33(30,31)17-18-7-2-1-3-8-18/h1-5,7-11,13,15H,6,12,14,16-17H2. The van der Waals surface area contributed by atoms with Gasteiger partial charge < -0.3 is 0 Å². The minimum atomic E-state index is -3.35. The topological polar surface area (TPSA) is 80.2 Å². The van der Waals surface area contributed by atoms with Crippen LogP contribution in [0.3, 0.4) is 0 Å². The summed E-state index contributed by atoms with van der Waals surface area (Å²) in [4.78, 5) is 23.1. The highest BCUT2D eigenvalue weighted by atomic mass is 32.2. The Labute approximate surface area is 195 Å². The fraction of sp³-hybridized carbons (Fsp3) is 0.208. The van der Waals surface area contributed by atoms with Crippen molar-refractivity contribution in [3.05, 3.63) is 90.0 Å². The zero-order valence-electron chi connectivity index (χ0n) is 17.7. The van der Waals surface area contributed by atoms with E-state index in [0.29, 0.717) is 9.83 Å². The van der Waals surface area contributed by atoms with Gasteiger partial charge in [-0.05, 0) is 35.7 Å². The SMILES string of the molecule is O=C(CCCS(=O)(=O)Cc1ccccc1)N(Cc1cccnc1)c1nc2c(F)cccc2s1. The molecule has 4 rings (SSSR count). The van der Waals surface area contributed by atoms with Crippen LogP contribution < -0.4 is 4.90 Å². The van der Waals surface area contributed by atoms with Gasteiger partial charge in [0, 0.05) is 18.8 Å². The molecule has 0 atom stereocenters. The van der Waals surface area contributed by atoms with Crippen LogP contribution in [0.4, 0.5) is 9.52 Å². The van der Waals surface area contributed by atoms with Gasteiger partial charge in [-0.15, -0.1) is 0 Å². The molecule has 0 aliphatic heterocycles. The van der Waals surface area contributed by atoms with Crippen LogP contribution in [0.5, 0.6) is 0 Å². The number of carbonyl (C=O) groups excluding carboxylic acids is 1. The number of nitrogens with zero attached hydrogens (tertiary/aromatic N) is 3. The lowest BCUT2D eigenvalue weighted by Gasteiger charge is -2.20. The number of sulfone groups is 1. The predicted molar refractivity (Wildman–Crippen MR) is 128 cm³/mol. The number of halogens is 1. The minimum absolute atomic E-state index is 0.0344. The van der Waals surface area contributed by atoms with Gasteiger partial charge in [-0.2, -0.15) is 0 Å². The van der Waals surface area contributed by atoms with Crippen LogP contribution in [0.15, 0.2) is 73.1 Å². The van der Waals surface area contributed by atoms with Crippen LogP contribution in [0, 0.1) is 5.82 Å². The molecule has 4 aromatic rings. The molecule has 0 unspecified atom stereocenters. The van der Waals surface area contributed by atoms with Crippen LogP contribution in [0.25, 0.3) is 10.2 Å². The first kappa shape index (κ1) is 23.0. The van der Waals surface area contributed by atoms with E-state index in [-0.39, 0.29) is 42.3 Å². The fourth-order valence-corrected chi connectivity index (χ4v) is 5.86. The van der Waals surface area contributed by atoms with Crippen molar-refractivity contribution in [2.24, 2.45) is 0 Å². The Hall–Kier alpha value is -3.17. The molecule has 2 aromatic carbocycles. The van der Waals surface area contributed by atoms with Gasteiger partial charge in [-0.3, -0.25) is 14.7 Å². The Morgan fingerprint density at radius 2 is 1.79 bits per heavy atom. The summed E-state index contributed by atoms with van der Waals surface area (Å²) >= 11 is 1.22. The molecule has 0 bridgehead atoms. The molecule has 2 aromatic heterocycles. The molecule has 0 spiro atoms. The maximum atomic E-state index is 14.2. The molecule has 0 radical (unpaired) electrons. The van der Waals surface area contributed by atoms with E-state index in [2.05, 4.69) is 9.97 Å². The van der Waals surface area contributed by atoms with Crippen molar-refractivity contribution >= 4 is 42.4 Å². The number of hydrogen-bond acceptors (Lipinski definition) is 6. The molecule has 0 saturated heterocycles. The van der Waals surface area contributed by atoms with E-state index in [1.54, 1.807) is 54.9 Å². The van der Waals surface area contributed by atoms with Gasteiger partial charge in [-0.1, -0.05) is 53.8 Å². The Kier molecular flexibility index (Phi) is 7.10. The van der Waals surface area contributed by atoms with Gasteiger partial charge in [0.25, 0.3) is 0 Å². The third-order valence-electron chi connectivity index (χ3n) is 5.03. The number of hydrogen-bond donors (Lipinski definition) is 0. The first-order valence-corrected chi connectivity index (χ1v) is 13.0. The summed E-state index contributed by atoms with van der Waals surface area (Å²) in [5.74, 6) is -0.870. The molecule has 1 amide bonds. The highest BCUT2D eigenvalue weighted by molar-refractivity contribution is 7.90. The Balaban J connectivity index is 1.49. The fourth-order valence-electron chi connectivity index (χ4n) is 3.43. The maximum absolute atomic E-state index is 14.2. The Morgan fingerprint density at radius 1 is 1.00 bits per heavy atom. The maximum Gasteiger partial charge on any atom is 0.229 e. The third-order valence-corrected chi connectivity index (χ3v) is 7.76. The van der Waals surface area contributed by atoms with Crippen molar-refractivity contribution in [1.29, 1.82) is 0 Å². The lowest BCUT2D eigenvalue weighted by atomic mass is 10.2. The highest BCUT2D eigenvalue weighted by Gasteiger charge is 2.22. The number of benzene rings is 2. The van der Waals surface area contributed by atoms with E-state index in [4.69, 9.17) is 0 Å². The molecule has 6 nitrogen and oxygen atoms in total. The summed E-state index contributed by atoms with van der Waals surface area (Å²) in [6.45, 7) is 0.213. The van der Waals surface area contributed by atoms with E-state index < -0.39 is 15.7 Å². The monoisotopic (exact) mass is 483 g/mol. The van der Waals surface area contributed by atoms with Crippen molar-refractivity contribution in [2.45, 2.75) is 25.1 Å². The van der Waals surface area contributed by atoms with Crippen molar-refractivity contribution in [3.63, 3.8) is 0 Å². The zero-order valence-corrected chi connectivity index (χ0v) is 19.4. The molecular weight excluding hydrogens is 461 g/mol. The molecule has 0 fully saturated rings. The normalized spacial score (nSPS) is 11.5. The van der Waals surface area contributed by atoms with E-state index in [9.17, 15) is 17.6 Å². The molecule has 9 heteroatoms. The zero-order chi connectivity index (χ0) is 23.3. The number of para-hydroxylation sites is 1. The van der Waals surface area contributed by atoms with Crippen LogP contribution >= 0.6 is 11.3 Å². The number of anilines is 1. The van der Waals surface area contributed by atoms with E-state index in [1.807, 2.05) is 12.1 Å². The van der Waals surface area contributed by atoms with Crippen molar-refractivity contribution in [1.82, 2.24) is 9.97 Å². The summed E-state index contributed by atoms with van der Waals surface area (Å²) in [6.07, 6.45) is 3.52. The molecule has 170 valence electrons. The van der Waals surface area contributed by atoms with Crippen LogP contribution in [0.2, 0.25) is 0 Å². The third kappa shape index (κ3) is 6.00. The minimum Gasteiger partial charge on any atom is -0.284 e. The number of thiazole rings is 1. The molecular formula is C24H22FN3O3S2. The Bertz CT molecular complexity index is 1340. The first-order chi connectivity index (χ1) is 15.9. The largest absolute Gasteiger partial charge is 0.284 e. The smallest absolute Gasteiger partial charge is 0.229 e. The van der Waals surface area contributed by atoms with Crippen molar-refractivity contribution in [3.8, 4) is 0 Å². The van der Waals surface area contributed by atoms with Crippen molar-refractivity contribution < 1.29 is 17.6 Å². The second kappa shape index (κ2) is 10.2. The number of carbonyl (C=O) groups is 1. The molecule has 2 heterocycles. The second-order valence-electron chi connectivity index (χ2n) is 7.61. The van der Waals surface area contributed by atoms with Gasteiger partial charge in [0.1, 0.15) is 11.3 Å². The van der Waals surface area contributed by atoms with Crippen LogP contribution in [-0.4, -0.2) is 30.0 Å². The van der Waals surface area contributed by atoms with Gasteiger partial charge in [-0.25, -0.2) is 17.8 Å². The quantitative estimate of drug-likeness (QED) is 0.343. The second-order valence-corrected chi connectivity index (χ2v) is 10.8. The summed E-state index contributed by atoms with van der Waals surface area (Å²) in [7, 11) is -3.35. The average molecular weight is 484 g/mol. The molecule has 33 heavy (non-hydrogen) atoms. The predicted octanol–water partition coefficient (Wildman–Crippen LogP) is 4.76. The first-order valence-electron chi connectivity index (χ1n) is 10.4. The number of rotatable bonds is 9. The van der Waals surface area contributed by atoms with Gasteiger partial charge in [0.05, 0.1) is 22.8 Å². The number of fused-ring (bicyclic) bond motifs is 1. The average Bonchev–Trinajstić information content (AvgIpc) is 3.24. The molecule has 0 N–H and O–H groups in total. The van der Waals surface area contributed by atoms with Crippen molar-refractivity contribution in [2.75, 3.05) is 10.7 Å².